The van der Waals surface area contributed by atoms with Crippen molar-refractivity contribution in [3.05, 3.63) is 144 Å². The minimum Gasteiger partial charge on any atom is -0.506 e. The first-order valence-corrected chi connectivity index (χ1v) is 15.7. The number of carboxylic acids is 2. The summed E-state index contributed by atoms with van der Waals surface area (Å²) in [6, 6.07) is 34.6. The van der Waals surface area contributed by atoms with Gasteiger partial charge in [-0.05, 0) is 94.8 Å². The molecule has 0 unspecified atom stereocenters. The number of carboxylic acid groups (broad SMARTS) is 2. The first-order chi connectivity index (χ1) is 23.5. The molecule has 0 atom stereocenters. The summed E-state index contributed by atoms with van der Waals surface area (Å²) in [5, 5.41) is 53.6. The van der Waals surface area contributed by atoms with Gasteiger partial charge in [0.15, 0.2) is 0 Å². The summed E-state index contributed by atoms with van der Waals surface area (Å²) in [5.41, 5.74) is 4.16. The van der Waals surface area contributed by atoms with Crippen molar-refractivity contribution in [3.63, 3.8) is 0 Å². The van der Waals surface area contributed by atoms with Gasteiger partial charge in [-0.1, -0.05) is 90.1 Å². The van der Waals surface area contributed by atoms with Gasteiger partial charge in [-0.15, -0.1) is 10.2 Å². The van der Waals surface area contributed by atoms with Crippen LogP contribution in [0.1, 0.15) is 73.4 Å². The first-order valence-electron chi connectivity index (χ1n) is 15.7. The highest BCUT2D eigenvalue weighted by Crippen LogP contribution is 2.35. The Bertz CT molecular complexity index is 1770. The van der Waals surface area contributed by atoms with Crippen LogP contribution in [0.25, 0.3) is 0 Å². The number of hydrogen-bond acceptors (Lipinski definition) is 8. The fourth-order valence-corrected chi connectivity index (χ4v) is 4.09. The van der Waals surface area contributed by atoms with E-state index in [1.165, 1.54) is 24.3 Å². The maximum Gasteiger partial charge on any atom is 0.335 e. The monoisotopic (exact) mass is 674 g/mol. The van der Waals surface area contributed by atoms with Gasteiger partial charge in [0.25, 0.3) is 0 Å². The van der Waals surface area contributed by atoms with Crippen molar-refractivity contribution >= 4 is 34.7 Å². The van der Waals surface area contributed by atoms with Crippen molar-refractivity contribution in [3.8, 4) is 11.5 Å². The van der Waals surface area contributed by atoms with Crippen molar-refractivity contribution in [2.45, 2.75) is 52.4 Å². The second kappa shape index (κ2) is 17.3. The number of phenols is 2. The zero-order chi connectivity index (χ0) is 36.9. The quantitative estimate of drug-likeness (QED) is 0.131. The van der Waals surface area contributed by atoms with E-state index in [9.17, 15) is 19.8 Å². The van der Waals surface area contributed by atoms with Gasteiger partial charge in [-0.3, -0.25) is 0 Å². The van der Waals surface area contributed by atoms with Crippen LogP contribution in [0.3, 0.4) is 0 Å². The van der Waals surface area contributed by atoms with Gasteiger partial charge in [-0.2, -0.15) is 10.2 Å². The number of benzene rings is 5. The summed E-state index contributed by atoms with van der Waals surface area (Å²) in [5.74, 6) is -1.86. The summed E-state index contributed by atoms with van der Waals surface area (Å²) >= 11 is 0. The lowest BCUT2D eigenvalue weighted by molar-refractivity contribution is 0.0686. The number of aromatic hydroxyl groups is 2. The molecule has 0 spiro atoms. The van der Waals surface area contributed by atoms with Gasteiger partial charge in [0.05, 0.1) is 22.5 Å². The third kappa shape index (κ3) is 12.1. The summed E-state index contributed by atoms with van der Waals surface area (Å²) in [7, 11) is 0. The Morgan fingerprint density at radius 3 is 1.02 bits per heavy atom. The zero-order valence-electron chi connectivity index (χ0n) is 28.9. The zero-order valence-corrected chi connectivity index (χ0v) is 28.9. The molecule has 10 heteroatoms. The number of phenolic OH excluding ortho intramolecular Hbond substituents is 2. The second-order valence-electron chi connectivity index (χ2n) is 13.2. The molecule has 0 aromatic heterocycles. The van der Waals surface area contributed by atoms with Crippen LogP contribution < -0.4 is 0 Å². The van der Waals surface area contributed by atoms with Crippen LogP contribution in [0.5, 0.6) is 11.5 Å². The molecule has 5 rings (SSSR count). The molecule has 0 saturated carbocycles. The van der Waals surface area contributed by atoms with Crippen LogP contribution in [0.15, 0.2) is 142 Å². The van der Waals surface area contributed by atoms with Crippen molar-refractivity contribution in [1.82, 2.24) is 0 Å². The van der Waals surface area contributed by atoms with Gasteiger partial charge in [0.1, 0.15) is 22.9 Å². The maximum absolute atomic E-state index is 10.8. The molecule has 4 N–H and O–H groups in total. The Labute approximate surface area is 292 Å². The van der Waals surface area contributed by atoms with Gasteiger partial charge in [-0.25, -0.2) is 9.59 Å². The normalized spacial score (nSPS) is 11.3. The molecular formula is C40H42N4O6. The van der Waals surface area contributed by atoms with E-state index >= 15 is 0 Å². The minimum atomic E-state index is -0.987. The van der Waals surface area contributed by atoms with E-state index in [0.717, 1.165) is 11.1 Å². The van der Waals surface area contributed by atoms with Gasteiger partial charge in [0.2, 0.25) is 0 Å². The van der Waals surface area contributed by atoms with E-state index in [1.807, 2.05) is 48.5 Å². The van der Waals surface area contributed by atoms with E-state index < -0.39 is 11.9 Å². The predicted molar refractivity (Wildman–Crippen MR) is 195 cm³/mol. The first kappa shape index (κ1) is 38.3. The molecule has 0 heterocycles. The molecule has 0 aliphatic heterocycles. The lowest BCUT2D eigenvalue weighted by atomic mass is 9.87. The second-order valence-corrected chi connectivity index (χ2v) is 13.2. The van der Waals surface area contributed by atoms with Crippen LogP contribution in [-0.4, -0.2) is 32.4 Å². The predicted octanol–water partition coefficient (Wildman–Crippen LogP) is 11.3. The average Bonchev–Trinajstić information content (AvgIpc) is 3.08. The highest BCUT2D eigenvalue weighted by molar-refractivity contribution is 5.88. The molecule has 0 amide bonds. The molecule has 0 aliphatic rings. The molecule has 0 saturated heterocycles. The molecule has 0 radical (unpaired) electrons. The average molecular weight is 675 g/mol. The molecule has 5 aromatic carbocycles. The third-order valence-corrected chi connectivity index (χ3v) is 7.12. The number of hydrogen-bond donors (Lipinski definition) is 4. The fourth-order valence-electron chi connectivity index (χ4n) is 4.09. The number of aromatic carboxylic acids is 2. The molecular weight excluding hydrogens is 632 g/mol. The standard InChI is InChI=1S/2C17H18N2O3.C6H6/c2*1-17(2,3)12-6-9-15(20)14(10-12)19-18-13-7-4-11(5-8-13)16(21)22;1-2-4-6-5-3-1/h2*4-10,20H,1-3H3,(H,21,22);1-6H. The summed E-state index contributed by atoms with van der Waals surface area (Å²) in [6.07, 6.45) is 0. The van der Waals surface area contributed by atoms with Crippen LogP contribution in [-0.2, 0) is 10.8 Å². The number of carbonyl (C=O) groups is 2. The Hall–Kier alpha value is -6.16. The molecule has 10 nitrogen and oxygen atoms in total. The van der Waals surface area contributed by atoms with Crippen LogP contribution >= 0.6 is 0 Å². The molecule has 258 valence electrons. The molecule has 5 aromatic rings. The van der Waals surface area contributed by atoms with E-state index in [0.29, 0.717) is 22.7 Å². The minimum absolute atomic E-state index is 0.0545. The van der Waals surface area contributed by atoms with Crippen molar-refractivity contribution < 1.29 is 30.0 Å². The van der Waals surface area contributed by atoms with Crippen LogP contribution in [0.2, 0.25) is 0 Å². The highest BCUT2D eigenvalue weighted by Gasteiger charge is 2.16. The largest absolute Gasteiger partial charge is 0.506 e. The molecule has 0 bridgehead atoms. The summed E-state index contributed by atoms with van der Waals surface area (Å²) < 4.78 is 0. The van der Waals surface area contributed by atoms with Gasteiger partial charge < -0.3 is 20.4 Å². The number of nitrogens with zero attached hydrogens (tertiary/aromatic N) is 4. The SMILES string of the molecule is CC(C)(C)c1ccc(O)c(N=Nc2ccc(C(=O)O)cc2)c1.CC(C)(C)c1ccc(O)c(N=Nc2ccc(C(=O)O)cc2)c1.c1ccccc1. The lowest BCUT2D eigenvalue weighted by Gasteiger charge is -2.19. The fraction of sp³-hybridized carbons (Fsp3) is 0.200. The molecule has 0 fully saturated rings. The number of azo groups is 2. The summed E-state index contributed by atoms with van der Waals surface area (Å²) in [4.78, 5) is 21.6. The van der Waals surface area contributed by atoms with Crippen LogP contribution in [0.4, 0.5) is 22.7 Å². The Balaban J connectivity index is 0.000000231. The van der Waals surface area contributed by atoms with E-state index in [1.54, 1.807) is 48.5 Å². The topological polar surface area (TPSA) is 164 Å². The van der Waals surface area contributed by atoms with E-state index in [-0.39, 0.29) is 33.5 Å². The molecule has 50 heavy (non-hydrogen) atoms. The maximum atomic E-state index is 10.8. The number of rotatable bonds is 6. The summed E-state index contributed by atoms with van der Waals surface area (Å²) in [6.45, 7) is 12.4. The van der Waals surface area contributed by atoms with E-state index in [2.05, 4.69) is 62.0 Å². The Kier molecular flexibility index (Phi) is 13.2. The molecule has 0 aliphatic carbocycles. The van der Waals surface area contributed by atoms with Crippen molar-refractivity contribution in [2.24, 2.45) is 20.5 Å². The van der Waals surface area contributed by atoms with Crippen LogP contribution in [0, 0.1) is 0 Å². The Morgan fingerprint density at radius 1 is 0.460 bits per heavy atom. The third-order valence-electron chi connectivity index (χ3n) is 7.12. The highest BCUT2D eigenvalue weighted by atomic mass is 16.4. The smallest absolute Gasteiger partial charge is 0.335 e. The van der Waals surface area contributed by atoms with Crippen molar-refractivity contribution in [2.75, 3.05) is 0 Å². The van der Waals surface area contributed by atoms with E-state index in [4.69, 9.17) is 10.2 Å². The lowest BCUT2D eigenvalue weighted by Crippen LogP contribution is -2.10. The van der Waals surface area contributed by atoms with Gasteiger partial charge >= 0.3 is 11.9 Å². The van der Waals surface area contributed by atoms with Crippen molar-refractivity contribution in [1.29, 1.82) is 0 Å². The Morgan fingerprint density at radius 2 is 0.760 bits per heavy atom. The van der Waals surface area contributed by atoms with Gasteiger partial charge in [0, 0.05) is 0 Å².